The van der Waals surface area contributed by atoms with Crippen molar-refractivity contribution in [1.29, 1.82) is 0 Å². The SMILES string of the molecule is C=C/C(=C\C(=C)C)CNC(=O)c1cccc(-c2ccc3oc(-c4ccc(F)cc4)c(C(=O)NC)c3c2)c1. The van der Waals surface area contributed by atoms with Gasteiger partial charge in [0.05, 0.1) is 5.56 Å². The molecule has 0 aliphatic rings. The second-order valence-corrected chi connectivity index (χ2v) is 8.64. The van der Waals surface area contributed by atoms with Crippen LogP contribution in [-0.4, -0.2) is 25.4 Å². The van der Waals surface area contributed by atoms with Crippen molar-refractivity contribution in [3.05, 3.63) is 120 Å². The molecule has 4 rings (SSSR count). The Bertz CT molecular complexity index is 1540. The average molecular weight is 495 g/mol. The summed E-state index contributed by atoms with van der Waals surface area (Å²) in [5.74, 6) is -0.546. The van der Waals surface area contributed by atoms with Crippen LogP contribution in [0.15, 0.2) is 108 Å². The quantitative estimate of drug-likeness (QED) is 0.268. The van der Waals surface area contributed by atoms with Crippen LogP contribution in [-0.2, 0) is 0 Å². The second kappa shape index (κ2) is 10.9. The number of carbonyl (C=O) groups is 2. The first-order chi connectivity index (χ1) is 17.8. The van der Waals surface area contributed by atoms with Crippen LogP contribution in [0.1, 0.15) is 27.6 Å². The standard InChI is InChI=1S/C31H27FN2O3/c1-5-20(15-19(2)3)18-34-30(35)24-8-6-7-22(16-24)23-11-14-27-26(17-23)28(31(36)33-4)29(37-27)21-9-12-25(32)13-10-21/h5-17H,1-2,18H2,3-4H3,(H,33,36)(H,34,35)/b20-15+. The molecule has 0 bridgehead atoms. The summed E-state index contributed by atoms with van der Waals surface area (Å²) in [7, 11) is 1.55. The zero-order valence-corrected chi connectivity index (χ0v) is 20.7. The maximum absolute atomic E-state index is 13.5. The van der Waals surface area contributed by atoms with Gasteiger partial charge in [-0.2, -0.15) is 0 Å². The third-order valence-electron chi connectivity index (χ3n) is 5.85. The maximum atomic E-state index is 13.5. The average Bonchev–Trinajstić information content (AvgIpc) is 3.29. The lowest BCUT2D eigenvalue weighted by Gasteiger charge is -2.09. The number of rotatable bonds is 8. The summed E-state index contributed by atoms with van der Waals surface area (Å²) in [6, 6.07) is 18.6. The number of hydrogen-bond donors (Lipinski definition) is 2. The van der Waals surface area contributed by atoms with Gasteiger partial charge in [-0.25, -0.2) is 4.39 Å². The van der Waals surface area contributed by atoms with Crippen LogP contribution >= 0.6 is 0 Å². The Morgan fingerprint density at radius 3 is 2.35 bits per heavy atom. The van der Waals surface area contributed by atoms with E-state index >= 15 is 0 Å². The van der Waals surface area contributed by atoms with Gasteiger partial charge in [0.15, 0.2) is 0 Å². The topological polar surface area (TPSA) is 71.3 Å². The van der Waals surface area contributed by atoms with E-state index in [4.69, 9.17) is 4.42 Å². The van der Waals surface area contributed by atoms with Crippen LogP contribution in [0.25, 0.3) is 33.4 Å². The third kappa shape index (κ3) is 5.59. The number of amides is 2. The minimum atomic E-state index is -0.375. The van der Waals surface area contributed by atoms with Gasteiger partial charge in [-0.3, -0.25) is 9.59 Å². The number of halogens is 1. The van der Waals surface area contributed by atoms with Gasteiger partial charge >= 0.3 is 0 Å². The zero-order valence-electron chi connectivity index (χ0n) is 20.7. The molecule has 0 spiro atoms. The first-order valence-electron chi connectivity index (χ1n) is 11.7. The summed E-state index contributed by atoms with van der Waals surface area (Å²) >= 11 is 0. The van der Waals surface area contributed by atoms with Crippen LogP contribution in [0, 0.1) is 5.82 Å². The summed E-state index contributed by atoms with van der Waals surface area (Å²) in [6.07, 6.45) is 3.56. The van der Waals surface area contributed by atoms with Crippen LogP contribution in [0.5, 0.6) is 0 Å². The van der Waals surface area contributed by atoms with Crippen LogP contribution in [0.2, 0.25) is 0 Å². The molecule has 37 heavy (non-hydrogen) atoms. The summed E-state index contributed by atoms with van der Waals surface area (Å²) in [6.45, 7) is 9.85. The van der Waals surface area contributed by atoms with Crippen molar-refractivity contribution in [3.8, 4) is 22.5 Å². The molecule has 1 aromatic heterocycles. The van der Waals surface area contributed by atoms with E-state index in [0.717, 1.165) is 22.3 Å². The van der Waals surface area contributed by atoms with Crippen molar-refractivity contribution in [3.63, 3.8) is 0 Å². The highest BCUT2D eigenvalue weighted by atomic mass is 19.1. The number of allylic oxidation sites excluding steroid dienone is 2. The van der Waals surface area contributed by atoms with Crippen molar-refractivity contribution in [2.75, 3.05) is 13.6 Å². The summed E-state index contributed by atoms with van der Waals surface area (Å²) in [4.78, 5) is 25.7. The van der Waals surface area contributed by atoms with E-state index in [1.165, 1.54) is 12.1 Å². The van der Waals surface area contributed by atoms with E-state index in [1.807, 2.05) is 37.3 Å². The van der Waals surface area contributed by atoms with Gasteiger partial charge in [0, 0.05) is 30.1 Å². The molecule has 2 N–H and O–H groups in total. The Morgan fingerprint density at radius 2 is 1.68 bits per heavy atom. The monoisotopic (exact) mass is 494 g/mol. The number of fused-ring (bicyclic) bond motifs is 1. The fraction of sp³-hybridized carbons (Fsp3) is 0.0968. The van der Waals surface area contributed by atoms with E-state index in [1.54, 1.807) is 43.5 Å². The smallest absolute Gasteiger partial charge is 0.255 e. The number of benzene rings is 3. The highest BCUT2D eigenvalue weighted by Crippen LogP contribution is 2.36. The lowest BCUT2D eigenvalue weighted by atomic mass is 9.99. The lowest BCUT2D eigenvalue weighted by Crippen LogP contribution is -2.25. The number of nitrogens with one attached hydrogen (secondary N) is 2. The fourth-order valence-corrected chi connectivity index (χ4v) is 4.06. The van der Waals surface area contributed by atoms with E-state index in [-0.39, 0.29) is 17.6 Å². The Labute approximate surface area is 215 Å². The molecule has 0 aliphatic heterocycles. The predicted octanol–water partition coefficient (Wildman–Crippen LogP) is 6.68. The minimum absolute atomic E-state index is 0.217. The highest BCUT2D eigenvalue weighted by molar-refractivity contribution is 6.11. The van der Waals surface area contributed by atoms with Gasteiger partial charge in [0.1, 0.15) is 17.2 Å². The Kier molecular flexibility index (Phi) is 7.49. The summed E-state index contributed by atoms with van der Waals surface area (Å²) in [5.41, 5.74) is 5.34. The molecule has 0 radical (unpaired) electrons. The van der Waals surface area contributed by atoms with E-state index in [9.17, 15) is 14.0 Å². The van der Waals surface area contributed by atoms with E-state index in [0.29, 0.717) is 40.0 Å². The third-order valence-corrected chi connectivity index (χ3v) is 5.85. The second-order valence-electron chi connectivity index (χ2n) is 8.64. The molecular formula is C31H27FN2O3. The molecule has 3 aromatic carbocycles. The Morgan fingerprint density at radius 1 is 0.973 bits per heavy atom. The molecule has 0 saturated heterocycles. The van der Waals surface area contributed by atoms with Gasteiger partial charge in [0.2, 0.25) is 0 Å². The lowest BCUT2D eigenvalue weighted by molar-refractivity contribution is 0.0952. The molecule has 6 heteroatoms. The highest BCUT2D eigenvalue weighted by Gasteiger charge is 2.22. The van der Waals surface area contributed by atoms with Gasteiger partial charge in [-0.05, 0) is 72.2 Å². The normalized spacial score (nSPS) is 11.3. The minimum Gasteiger partial charge on any atom is -0.455 e. The summed E-state index contributed by atoms with van der Waals surface area (Å²) < 4.78 is 19.5. The molecule has 0 aliphatic carbocycles. The fourth-order valence-electron chi connectivity index (χ4n) is 4.06. The molecule has 0 atom stereocenters. The Balaban J connectivity index is 1.70. The first kappa shape index (κ1) is 25.4. The van der Waals surface area contributed by atoms with Crippen LogP contribution in [0.4, 0.5) is 4.39 Å². The van der Waals surface area contributed by atoms with Crippen molar-refractivity contribution in [2.45, 2.75) is 6.92 Å². The largest absolute Gasteiger partial charge is 0.455 e. The summed E-state index contributed by atoms with van der Waals surface area (Å²) in [5, 5.41) is 6.18. The van der Waals surface area contributed by atoms with Crippen molar-refractivity contribution < 1.29 is 18.4 Å². The molecule has 2 amide bonds. The van der Waals surface area contributed by atoms with E-state index < -0.39 is 0 Å². The van der Waals surface area contributed by atoms with Gasteiger partial charge in [-0.15, -0.1) is 0 Å². The van der Waals surface area contributed by atoms with Crippen molar-refractivity contribution in [1.82, 2.24) is 10.6 Å². The Hall–Kier alpha value is -4.71. The van der Waals surface area contributed by atoms with Gasteiger partial charge in [0.25, 0.3) is 11.8 Å². The molecule has 4 aromatic rings. The molecule has 0 fully saturated rings. The van der Waals surface area contributed by atoms with Gasteiger partial charge < -0.3 is 15.1 Å². The maximum Gasteiger partial charge on any atom is 0.255 e. The zero-order chi connectivity index (χ0) is 26.5. The number of hydrogen-bond acceptors (Lipinski definition) is 3. The molecular weight excluding hydrogens is 467 g/mol. The van der Waals surface area contributed by atoms with Crippen LogP contribution < -0.4 is 10.6 Å². The molecule has 0 saturated carbocycles. The molecule has 1 heterocycles. The molecule has 0 unspecified atom stereocenters. The van der Waals surface area contributed by atoms with E-state index in [2.05, 4.69) is 23.8 Å². The van der Waals surface area contributed by atoms with Crippen molar-refractivity contribution >= 4 is 22.8 Å². The number of furan rings is 1. The van der Waals surface area contributed by atoms with Gasteiger partial charge in [-0.1, -0.05) is 49.1 Å². The van der Waals surface area contributed by atoms with Crippen molar-refractivity contribution in [2.24, 2.45) is 0 Å². The van der Waals surface area contributed by atoms with Crippen LogP contribution in [0.3, 0.4) is 0 Å². The molecule has 5 nitrogen and oxygen atoms in total. The predicted molar refractivity (Wildman–Crippen MR) is 146 cm³/mol. The molecule has 186 valence electrons. The first-order valence-corrected chi connectivity index (χ1v) is 11.7. The number of carbonyl (C=O) groups excluding carboxylic acids is 2.